The lowest BCUT2D eigenvalue weighted by Crippen LogP contribution is -2.18. The summed E-state index contributed by atoms with van der Waals surface area (Å²) in [5, 5.41) is 1.03. The number of thiazole rings is 2. The molecule has 0 atom stereocenters. The highest BCUT2D eigenvalue weighted by Crippen LogP contribution is 2.64. The molecule has 0 fully saturated rings. The van der Waals surface area contributed by atoms with Gasteiger partial charge in [0.25, 0.3) is 0 Å². The number of halogens is 3. The average molecular weight is 669 g/mol. The quantitative estimate of drug-likeness (QED) is 0.159. The van der Waals surface area contributed by atoms with Crippen LogP contribution in [0.2, 0.25) is 0 Å². The van der Waals surface area contributed by atoms with Gasteiger partial charge in [-0.25, -0.2) is 9.97 Å². The highest BCUT2D eigenvalue weighted by Gasteiger charge is 2.54. The molecule has 0 N–H and O–H groups in total. The van der Waals surface area contributed by atoms with Gasteiger partial charge in [-0.2, -0.15) is 13.2 Å². The lowest BCUT2D eigenvalue weighted by Gasteiger charge is -2.21. The number of Topliss-reactive ketones (excluding diaryl/α,β-unsaturated/α-hetero) is 4. The molecule has 11 heteroatoms. The van der Waals surface area contributed by atoms with E-state index in [2.05, 4.69) is 13.8 Å². The molecule has 0 radical (unpaired) electrons. The van der Waals surface area contributed by atoms with E-state index in [1.54, 1.807) is 12.1 Å². The van der Waals surface area contributed by atoms with E-state index in [9.17, 15) is 32.3 Å². The molecule has 4 aliphatic rings. The Kier molecular flexibility index (Phi) is 5.87. The fourth-order valence-corrected chi connectivity index (χ4v) is 9.89. The van der Waals surface area contributed by atoms with Gasteiger partial charge in [0, 0.05) is 33.1 Å². The Morgan fingerprint density at radius 3 is 1.55 bits per heavy atom. The van der Waals surface area contributed by atoms with E-state index in [0.717, 1.165) is 56.1 Å². The van der Waals surface area contributed by atoms with Gasteiger partial charge >= 0.3 is 6.18 Å². The first-order valence-electron chi connectivity index (χ1n) is 14.7. The lowest BCUT2D eigenvalue weighted by atomic mass is 9.84. The Balaban J connectivity index is 1.21. The summed E-state index contributed by atoms with van der Waals surface area (Å²) < 4.78 is 40.4. The molecule has 0 unspecified atom stereocenters. The average Bonchev–Trinajstić information content (AvgIpc) is 3.79. The van der Waals surface area contributed by atoms with E-state index in [1.165, 1.54) is 28.7 Å². The molecule has 4 aliphatic carbocycles. The molecule has 0 saturated carbocycles. The molecule has 6 nitrogen and oxygen atoms in total. The topological polar surface area (TPSA) is 94.1 Å². The number of aryl methyl sites for hydroxylation is 1. The van der Waals surface area contributed by atoms with Crippen molar-refractivity contribution in [2.45, 2.75) is 51.6 Å². The van der Waals surface area contributed by atoms with Gasteiger partial charge < -0.3 is 0 Å². The Labute approximate surface area is 274 Å². The minimum absolute atomic E-state index is 0.0428. The SMILES string of the molecule is Cc1ccc2c(c1)/C(=C/c1nc3c(s1)C1=C(c4sc(/C=C5\C(=O)C(=O)c6ccc(C(F)(F)F)cc65)nc4C1(C)C)C3(C)C)C(=O)C2=O. The number of benzene rings is 2. The largest absolute Gasteiger partial charge is 0.416 e. The third-order valence-corrected chi connectivity index (χ3v) is 11.5. The standard InChI is InChI=1S/C36H23F3N2O4S2/c1-14-6-8-16-18(10-14)20(28(44)26(16)42)12-22-40-32-30(46-22)24-25(34(32,2)3)31-33(35(24,4)5)41-23(47-31)13-21-19-11-15(36(37,38)39)7-9-17(19)27(43)29(21)45/h6-13H,1-5H3/b20-12-,21-13-. The first-order valence-corrected chi connectivity index (χ1v) is 16.4. The third kappa shape index (κ3) is 3.96. The fourth-order valence-electron chi connectivity index (χ4n) is 7.13. The van der Waals surface area contributed by atoms with Gasteiger partial charge in [-0.15, -0.1) is 22.7 Å². The van der Waals surface area contributed by atoms with Crippen molar-refractivity contribution in [3.63, 3.8) is 0 Å². The number of hydrogen-bond acceptors (Lipinski definition) is 8. The molecule has 0 bridgehead atoms. The van der Waals surface area contributed by atoms with Crippen LogP contribution in [0.15, 0.2) is 36.4 Å². The maximum absolute atomic E-state index is 13.5. The molecule has 0 spiro atoms. The van der Waals surface area contributed by atoms with Crippen LogP contribution < -0.4 is 0 Å². The number of hydrogen-bond donors (Lipinski definition) is 0. The van der Waals surface area contributed by atoms with Gasteiger partial charge in [-0.05, 0) is 59.5 Å². The fraction of sp³-hybridized carbons (Fsp3) is 0.222. The molecule has 4 aromatic rings. The number of rotatable bonds is 2. The number of nitrogens with zero attached hydrogens (tertiary/aromatic N) is 2. The first kappa shape index (κ1) is 29.8. The molecule has 2 aromatic carbocycles. The molecule has 8 rings (SSSR count). The summed E-state index contributed by atoms with van der Waals surface area (Å²) in [4.78, 5) is 62.9. The molecule has 0 aliphatic heterocycles. The van der Waals surface area contributed by atoms with Gasteiger partial charge in [0.15, 0.2) is 0 Å². The zero-order valence-electron chi connectivity index (χ0n) is 25.6. The summed E-state index contributed by atoms with van der Waals surface area (Å²) in [6.45, 7) is 10.1. The van der Waals surface area contributed by atoms with Crippen LogP contribution in [0, 0.1) is 6.92 Å². The van der Waals surface area contributed by atoms with E-state index in [1.807, 2.05) is 32.9 Å². The zero-order valence-corrected chi connectivity index (χ0v) is 27.2. The Morgan fingerprint density at radius 1 is 0.638 bits per heavy atom. The molecular formula is C36H23F3N2O4S2. The second kappa shape index (κ2) is 9.26. The van der Waals surface area contributed by atoms with E-state index >= 15 is 0 Å². The monoisotopic (exact) mass is 668 g/mol. The molecule has 0 saturated heterocycles. The summed E-state index contributed by atoms with van der Waals surface area (Å²) in [5.41, 5.74) is 3.72. The minimum atomic E-state index is -4.63. The van der Waals surface area contributed by atoms with Crippen LogP contribution in [0.4, 0.5) is 13.2 Å². The molecule has 0 amide bonds. The predicted octanol–water partition coefficient (Wildman–Crippen LogP) is 8.03. The van der Waals surface area contributed by atoms with Gasteiger partial charge in [-0.1, -0.05) is 51.5 Å². The second-order valence-electron chi connectivity index (χ2n) is 13.2. The van der Waals surface area contributed by atoms with E-state index in [0.29, 0.717) is 26.7 Å². The van der Waals surface area contributed by atoms with Crippen LogP contribution >= 0.6 is 22.7 Å². The Bertz CT molecular complexity index is 2330. The van der Waals surface area contributed by atoms with E-state index in [4.69, 9.17) is 9.97 Å². The second-order valence-corrected chi connectivity index (χ2v) is 15.3. The van der Waals surface area contributed by atoms with Gasteiger partial charge in [-0.3, -0.25) is 19.2 Å². The molecule has 2 aromatic heterocycles. The van der Waals surface area contributed by atoms with Crippen LogP contribution in [0.1, 0.15) is 102 Å². The van der Waals surface area contributed by atoms with Crippen molar-refractivity contribution in [3.05, 3.63) is 101 Å². The summed E-state index contributed by atoms with van der Waals surface area (Å²) in [6, 6.07) is 8.05. The van der Waals surface area contributed by atoms with Crippen LogP contribution in [0.25, 0.3) is 34.4 Å². The minimum Gasteiger partial charge on any atom is -0.285 e. The first-order chi connectivity index (χ1) is 22.0. The number of carbonyl (C=O) groups excluding carboxylic acids is 4. The van der Waals surface area contributed by atoms with Crippen molar-refractivity contribution < 1.29 is 32.3 Å². The Hall–Kier alpha value is -4.61. The highest BCUT2D eigenvalue weighted by atomic mass is 32.1. The summed E-state index contributed by atoms with van der Waals surface area (Å²) in [5.74, 6) is -2.76. The van der Waals surface area contributed by atoms with Gasteiger partial charge in [0.05, 0.1) is 26.7 Å². The number of allylic oxidation sites excluding steroid dienone is 4. The van der Waals surface area contributed by atoms with E-state index in [-0.39, 0.29) is 16.7 Å². The van der Waals surface area contributed by atoms with Gasteiger partial charge in [0.2, 0.25) is 23.1 Å². The van der Waals surface area contributed by atoms with Crippen molar-refractivity contribution in [3.8, 4) is 0 Å². The van der Waals surface area contributed by atoms with Crippen molar-refractivity contribution in [1.29, 1.82) is 0 Å². The molecular weight excluding hydrogens is 646 g/mol. The summed E-state index contributed by atoms with van der Waals surface area (Å²) in [6.07, 6.45) is -1.51. The lowest BCUT2D eigenvalue weighted by molar-refractivity contribution is -0.137. The predicted molar refractivity (Wildman–Crippen MR) is 174 cm³/mol. The van der Waals surface area contributed by atoms with Crippen molar-refractivity contribution in [2.24, 2.45) is 0 Å². The highest BCUT2D eigenvalue weighted by molar-refractivity contribution is 7.15. The number of fused-ring (bicyclic) bond motifs is 6. The van der Waals surface area contributed by atoms with Crippen LogP contribution in [0.5, 0.6) is 0 Å². The maximum Gasteiger partial charge on any atom is 0.416 e. The number of carbonyl (C=O) groups is 4. The molecule has 234 valence electrons. The zero-order chi connectivity index (χ0) is 33.5. The maximum atomic E-state index is 13.5. The van der Waals surface area contributed by atoms with Crippen molar-refractivity contribution in [2.75, 3.05) is 0 Å². The van der Waals surface area contributed by atoms with E-state index < -0.39 is 45.7 Å². The summed E-state index contributed by atoms with van der Waals surface area (Å²) in [7, 11) is 0. The van der Waals surface area contributed by atoms with Crippen molar-refractivity contribution >= 4 is 80.3 Å². The normalized spacial score (nSPS) is 20.4. The van der Waals surface area contributed by atoms with Crippen LogP contribution in [-0.2, 0) is 26.6 Å². The third-order valence-electron chi connectivity index (χ3n) is 9.45. The molecule has 2 heterocycles. The van der Waals surface area contributed by atoms with Crippen LogP contribution in [0.3, 0.4) is 0 Å². The summed E-state index contributed by atoms with van der Waals surface area (Å²) >= 11 is 2.78. The molecule has 47 heavy (non-hydrogen) atoms. The van der Waals surface area contributed by atoms with Crippen LogP contribution in [-0.4, -0.2) is 33.1 Å². The number of aromatic nitrogens is 2. The number of alkyl halides is 3. The number of ketones is 4. The smallest absolute Gasteiger partial charge is 0.285 e. The van der Waals surface area contributed by atoms with Gasteiger partial charge in [0.1, 0.15) is 10.0 Å². The Morgan fingerprint density at radius 2 is 1.09 bits per heavy atom. The van der Waals surface area contributed by atoms with Crippen molar-refractivity contribution in [1.82, 2.24) is 9.97 Å².